The van der Waals surface area contributed by atoms with Crippen LogP contribution in [0.15, 0.2) is 55.1 Å². The minimum absolute atomic E-state index is 0.0412. The quantitative estimate of drug-likeness (QED) is 0.449. The molecule has 0 aliphatic heterocycles. The minimum atomic E-state index is -0.155. The van der Waals surface area contributed by atoms with E-state index in [9.17, 15) is 4.79 Å². The van der Waals surface area contributed by atoms with E-state index in [2.05, 4.69) is 20.2 Å². The third-order valence-electron chi connectivity index (χ3n) is 4.94. The van der Waals surface area contributed by atoms with Crippen molar-refractivity contribution in [3.63, 3.8) is 0 Å². The number of halogens is 1. The van der Waals surface area contributed by atoms with Crippen molar-refractivity contribution < 1.29 is 9.53 Å². The van der Waals surface area contributed by atoms with Gasteiger partial charge in [-0.3, -0.25) is 9.78 Å². The highest BCUT2D eigenvalue weighted by Gasteiger charge is 2.18. The van der Waals surface area contributed by atoms with Crippen LogP contribution in [-0.2, 0) is 22.4 Å². The van der Waals surface area contributed by atoms with Crippen molar-refractivity contribution in [2.45, 2.75) is 25.9 Å². The van der Waals surface area contributed by atoms with Gasteiger partial charge in [0.1, 0.15) is 5.78 Å². The molecule has 0 saturated heterocycles. The SMILES string of the molecule is COC(C)c1c(CC(=O)Cc2cnc(-n3nccn3)c(Cl)c2)cnc2ccccc12. The number of methoxy groups -OCH3 is 1. The van der Waals surface area contributed by atoms with Crippen LogP contribution in [0.1, 0.15) is 29.7 Å². The van der Waals surface area contributed by atoms with Gasteiger partial charge in [-0.2, -0.15) is 10.2 Å². The average molecular weight is 422 g/mol. The molecule has 4 aromatic rings. The fraction of sp³-hybridized carbons (Fsp3) is 0.227. The number of hydrogen-bond donors (Lipinski definition) is 0. The number of rotatable bonds is 7. The predicted octanol–water partition coefficient (Wildman–Crippen LogP) is 3.93. The number of ether oxygens (including phenoxy) is 1. The molecule has 4 rings (SSSR count). The molecule has 7 nitrogen and oxygen atoms in total. The van der Waals surface area contributed by atoms with Crippen LogP contribution in [0.5, 0.6) is 0 Å². The molecular formula is C22H20ClN5O2. The zero-order valence-corrected chi connectivity index (χ0v) is 17.4. The molecule has 0 bridgehead atoms. The first-order valence-corrected chi connectivity index (χ1v) is 9.86. The van der Waals surface area contributed by atoms with Crippen molar-refractivity contribution in [2.24, 2.45) is 0 Å². The van der Waals surface area contributed by atoms with Crippen LogP contribution in [0.3, 0.4) is 0 Å². The summed E-state index contributed by atoms with van der Waals surface area (Å²) in [6.07, 6.45) is 6.80. The van der Waals surface area contributed by atoms with Gasteiger partial charge in [-0.25, -0.2) is 4.98 Å². The normalized spacial score (nSPS) is 12.2. The summed E-state index contributed by atoms with van der Waals surface area (Å²) in [5.74, 6) is 0.465. The number of pyridine rings is 2. The third kappa shape index (κ3) is 4.08. The summed E-state index contributed by atoms with van der Waals surface area (Å²) in [5, 5.41) is 9.44. The fourth-order valence-electron chi connectivity index (χ4n) is 3.48. The largest absolute Gasteiger partial charge is 0.377 e. The Bertz CT molecular complexity index is 1190. The van der Waals surface area contributed by atoms with Gasteiger partial charge in [-0.15, -0.1) is 4.80 Å². The molecule has 0 aliphatic carbocycles. The van der Waals surface area contributed by atoms with Gasteiger partial charge >= 0.3 is 0 Å². The van der Waals surface area contributed by atoms with E-state index in [4.69, 9.17) is 16.3 Å². The van der Waals surface area contributed by atoms with Gasteiger partial charge in [-0.1, -0.05) is 29.8 Å². The summed E-state index contributed by atoms with van der Waals surface area (Å²) in [5.41, 5.74) is 3.47. The van der Waals surface area contributed by atoms with E-state index in [-0.39, 0.29) is 24.7 Å². The molecule has 0 radical (unpaired) electrons. The Labute approximate surface area is 178 Å². The van der Waals surface area contributed by atoms with Crippen LogP contribution in [-0.4, -0.2) is 37.9 Å². The van der Waals surface area contributed by atoms with E-state index in [0.717, 1.165) is 27.6 Å². The maximum absolute atomic E-state index is 12.8. The Morgan fingerprint density at radius 2 is 1.90 bits per heavy atom. The smallest absolute Gasteiger partial charge is 0.193 e. The molecule has 3 heterocycles. The molecule has 30 heavy (non-hydrogen) atoms. The predicted molar refractivity (Wildman–Crippen MR) is 114 cm³/mol. The average Bonchev–Trinajstić information content (AvgIpc) is 3.27. The highest BCUT2D eigenvalue weighted by Crippen LogP contribution is 2.29. The van der Waals surface area contributed by atoms with Gasteiger partial charge in [0.15, 0.2) is 5.82 Å². The summed E-state index contributed by atoms with van der Waals surface area (Å²) in [6, 6.07) is 9.59. The summed E-state index contributed by atoms with van der Waals surface area (Å²) < 4.78 is 5.57. The second-order valence-corrected chi connectivity index (χ2v) is 7.36. The Morgan fingerprint density at radius 3 is 2.63 bits per heavy atom. The van der Waals surface area contributed by atoms with Crippen molar-refractivity contribution in [3.05, 3.63) is 76.8 Å². The first kappa shape index (κ1) is 20.1. The lowest BCUT2D eigenvalue weighted by atomic mass is 9.95. The zero-order chi connectivity index (χ0) is 21.1. The zero-order valence-electron chi connectivity index (χ0n) is 16.6. The van der Waals surface area contributed by atoms with Crippen molar-refractivity contribution >= 4 is 28.3 Å². The number of benzene rings is 1. The topological polar surface area (TPSA) is 82.8 Å². The first-order valence-electron chi connectivity index (χ1n) is 9.49. The minimum Gasteiger partial charge on any atom is -0.377 e. The van der Waals surface area contributed by atoms with Crippen molar-refractivity contribution in [2.75, 3.05) is 7.11 Å². The lowest BCUT2D eigenvalue weighted by Crippen LogP contribution is -2.12. The molecule has 1 atom stereocenters. The molecule has 0 amide bonds. The molecule has 0 spiro atoms. The number of carbonyl (C=O) groups excluding carboxylic acids is 1. The molecule has 0 aliphatic rings. The summed E-state index contributed by atoms with van der Waals surface area (Å²) in [4.78, 5) is 23.0. The number of fused-ring (bicyclic) bond motifs is 1. The van der Waals surface area contributed by atoms with Gasteiger partial charge in [0.2, 0.25) is 0 Å². The lowest BCUT2D eigenvalue weighted by molar-refractivity contribution is -0.117. The van der Waals surface area contributed by atoms with E-state index in [0.29, 0.717) is 10.8 Å². The monoisotopic (exact) mass is 421 g/mol. The lowest BCUT2D eigenvalue weighted by Gasteiger charge is -2.17. The molecule has 8 heteroatoms. The third-order valence-corrected chi connectivity index (χ3v) is 5.21. The summed E-state index contributed by atoms with van der Waals surface area (Å²) in [7, 11) is 1.66. The van der Waals surface area contributed by atoms with Crippen molar-refractivity contribution in [1.82, 2.24) is 25.0 Å². The highest BCUT2D eigenvalue weighted by atomic mass is 35.5. The van der Waals surface area contributed by atoms with E-state index in [1.807, 2.05) is 31.2 Å². The van der Waals surface area contributed by atoms with Crippen LogP contribution >= 0.6 is 11.6 Å². The molecule has 152 valence electrons. The maximum Gasteiger partial charge on any atom is 0.193 e. The number of ketones is 1. The van der Waals surface area contributed by atoms with E-state index in [1.165, 1.54) is 4.80 Å². The number of nitrogens with zero attached hydrogens (tertiary/aromatic N) is 5. The number of hydrogen-bond acceptors (Lipinski definition) is 6. The standard InChI is InChI=1S/C22H20ClN5O2/c1-14(30-2)21-16(13-24-20-6-4-3-5-18(20)21)11-17(29)9-15-10-19(23)22(25-12-15)28-26-7-8-27-28/h3-8,10,12-14H,9,11H2,1-2H3. The molecule has 1 unspecified atom stereocenters. The van der Waals surface area contributed by atoms with Crippen LogP contribution in [0.25, 0.3) is 16.7 Å². The van der Waals surface area contributed by atoms with Crippen LogP contribution in [0, 0.1) is 0 Å². The summed E-state index contributed by atoms with van der Waals surface area (Å²) in [6.45, 7) is 1.97. The Morgan fingerprint density at radius 1 is 1.13 bits per heavy atom. The van der Waals surface area contributed by atoms with Gasteiger partial charge in [-0.05, 0) is 35.7 Å². The number of para-hydroxylation sites is 1. The second kappa shape index (κ2) is 8.69. The van der Waals surface area contributed by atoms with E-state index < -0.39 is 0 Å². The van der Waals surface area contributed by atoms with Gasteiger partial charge in [0.05, 0.1) is 29.0 Å². The fourth-order valence-corrected chi connectivity index (χ4v) is 3.75. The Kier molecular flexibility index (Phi) is 5.83. The van der Waals surface area contributed by atoms with Gasteiger partial charge < -0.3 is 4.74 Å². The number of carbonyl (C=O) groups is 1. The highest BCUT2D eigenvalue weighted by molar-refractivity contribution is 6.32. The maximum atomic E-state index is 12.8. The van der Waals surface area contributed by atoms with Gasteiger partial charge in [0, 0.05) is 37.7 Å². The van der Waals surface area contributed by atoms with Gasteiger partial charge in [0.25, 0.3) is 0 Å². The van der Waals surface area contributed by atoms with Crippen LogP contribution in [0.2, 0.25) is 5.02 Å². The van der Waals surface area contributed by atoms with Crippen LogP contribution in [0.4, 0.5) is 0 Å². The first-order chi connectivity index (χ1) is 14.6. The molecule has 0 saturated carbocycles. The van der Waals surface area contributed by atoms with Crippen molar-refractivity contribution in [3.8, 4) is 5.82 Å². The molecule has 0 N–H and O–H groups in total. The summed E-state index contributed by atoms with van der Waals surface area (Å²) >= 11 is 6.31. The van der Waals surface area contributed by atoms with Crippen molar-refractivity contribution in [1.29, 1.82) is 0 Å². The van der Waals surface area contributed by atoms with E-state index >= 15 is 0 Å². The number of aromatic nitrogens is 5. The molecule has 1 aromatic carbocycles. The second-order valence-electron chi connectivity index (χ2n) is 6.95. The Hall–Kier alpha value is -3.16. The molecular weight excluding hydrogens is 402 g/mol. The number of Topliss-reactive ketones (excluding diaryl/α,β-unsaturated/α-hetero) is 1. The van der Waals surface area contributed by atoms with E-state index in [1.54, 1.807) is 38.0 Å². The Balaban J connectivity index is 1.57. The van der Waals surface area contributed by atoms with Crippen LogP contribution < -0.4 is 0 Å². The molecule has 3 aromatic heterocycles. The molecule has 0 fully saturated rings.